The number of carbonyl (C=O) groups excluding carboxylic acids is 2. The molecule has 0 radical (unpaired) electrons. The van der Waals surface area contributed by atoms with E-state index in [1.54, 1.807) is 36.5 Å². The zero-order valence-corrected chi connectivity index (χ0v) is 21.4. The summed E-state index contributed by atoms with van der Waals surface area (Å²) < 4.78 is 11.5. The van der Waals surface area contributed by atoms with Crippen molar-refractivity contribution in [2.45, 2.75) is 39.5 Å². The van der Waals surface area contributed by atoms with E-state index < -0.39 is 11.9 Å². The molecular formula is C27H30N6O4. The van der Waals surface area contributed by atoms with E-state index in [4.69, 9.17) is 15.2 Å². The van der Waals surface area contributed by atoms with E-state index in [0.29, 0.717) is 46.1 Å². The van der Waals surface area contributed by atoms with E-state index in [-0.39, 0.29) is 11.0 Å². The van der Waals surface area contributed by atoms with Crippen molar-refractivity contribution in [2.24, 2.45) is 5.73 Å². The van der Waals surface area contributed by atoms with Gasteiger partial charge >= 0.3 is 6.03 Å². The lowest BCUT2D eigenvalue weighted by atomic mass is 9.92. The van der Waals surface area contributed by atoms with Crippen LogP contribution in [0, 0.1) is 0 Å². The number of aromatic nitrogens is 3. The summed E-state index contributed by atoms with van der Waals surface area (Å²) in [5.41, 5.74) is 8.66. The standard InChI is InChI=1S/C27H30N6O4/c1-6-15-11-16(30-26(35)31-24-14-23(32-33-24)27(2,3)4)7-8-20(15)37-21-9-10-29-19-13-22(36-5)18(25(28)34)12-17(19)21/h7-14H,6H2,1-5H3,(H2,28,34)(H3,30,31,32,33,35). The van der Waals surface area contributed by atoms with Crippen molar-refractivity contribution in [3.8, 4) is 17.2 Å². The average molecular weight is 503 g/mol. The minimum absolute atomic E-state index is 0.108. The number of H-pyrrole nitrogens is 1. The Balaban J connectivity index is 1.55. The molecule has 4 rings (SSSR count). The Hall–Kier alpha value is -4.60. The lowest BCUT2D eigenvalue weighted by Gasteiger charge is -2.15. The number of aryl methyl sites for hydroxylation is 1. The summed E-state index contributed by atoms with van der Waals surface area (Å²) in [5.74, 6) is 1.30. The van der Waals surface area contributed by atoms with E-state index in [9.17, 15) is 9.59 Å². The molecule has 0 fully saturated rings. The summed E-state index contributed by atoms with van der Waals surface area (Å²) in [5, 5.41) is 13.3. The van der Waals surface area contributed by atoms with E-state index in [1.165, 1.54) is 7.11 Å². The highest BCUT2D eigenvalue weighted by Gasteiger charge is 2.18. The van der Waals surface area contributed by atoms with Gasteiger partial charge in [0.2, 0.25) is 0 Å². The van der Waals surface area contributed by atoms with Crippen LogP contribution in [0.1, 0.15) is 49.3 Å². The maximum absolute atomic E-state index is 12.5. The third-order valence-corrected chi connectivity index (χ3v) is 5.83. The number of urea groups is 1. The summed E-state index contributed by atoms with van der Waals surface area (Å²) in [4.78, 5) is 28.8. The number of rotatable bonds is 7. The molecular weight excluding hydrogens is 472 g/mol. The van der Waals surface area contributed by atoms with Gasteiger partial charge in [-0.3, -0.25) is 20.2 Å². The third kappa shape index (κ3) is 5.64. The number of hydrogen-bond donors (Lipinski definition) is 4. The first kappa shape index (κ1) is 25.5. The Bertz CT molecular complexity index is 1470. The second kappa shape index (κ2) is 10.2. The molecule has 0 atom stereocenters. The van der Waals surface area contributed by atoms with Gasteiger partial charge in [0.1, 0.15) is 17.2 Å². The molecule has 0 saturated carbocycles. The number of anilines is 2. The van der Waals surface area contributed by atoms with Gasteiger partial charge in [0.15, 0.2) is 5.82 Å². The number of nitrogens with zero attached hydrogens (tertiary/aromatic N) is 2. The fourth-order valence-corrected chi connectivity index (χ4v) is 3.80. The largest absolute Gasteiger partial charge is 0.496 e. The molecule has 0 aliphatic carbocycles. The van der Waals surface area contributed by atoms with Gasteiger partial charge in [-0.1, -0.05) is 27.7 Å². The lowest BCUT2D eigenvalue weighted by molar-refractivity contribution is 0.0997. The number of fused-ring (bicyclic) bond motifs is 1. The fraction of sp³-hybridized carbons (Fsp3) is 0.259. The maximum Gasteiger partial charge on any atom is 0.324 e. The zero-order valence-electron chi connectivity index (χ0n) is 21.4. The number of nitrogens with two attached hydrogens (primary N) is 1. The highest BCUT2D eigenvalue weighted by Crippen LogP contribution is 2.35. The topological polar surface area (TPSA) is 144 Å². The van der Waals surface area contributed by atoms with Crippen molar-refractivity contribution in [2.75, 3.05) is 17.7 Å². The van der Waals surface area contributed by atoms with E-state index in [0.717, 1.165) is 11.3 Å². The number of pyridine rings is 1. The second-order valence-electron chi connectivity index (χ2n) is 9.52. The number of aromatic amines is 1. The van der Waals surface area contributed by atoms with Crippen LogP contribution in [0.4, 0.5) is 16.3 Å². The first-order chi connectivity index (χ1) is 17.6. The van der Waals surface area contributed by atoms with Gasteiger partial charge in [-0.2, -0.15) is 5.10 Å². The number of nitrogens with one attached hydrogen (secondary N) is 3. The van der Waals surface area contributed by atoms with Crippen LogP contribution >= 0.6 is 0 Å². The van der Waals surface area contributed by atoms with Crippen LogP contribution in [0.3, 0.4) is 0 Å². The Morgan fingerprint density at radius 1 is 1.03 bits per heavy atom. The molecule has 0 aliphatic rings. The van der Waals surface area contributed by atoms with Gasteiger partial charge in [-0.05, 0) is 42.3 Å². The number of primary amides is 1. The van der Waals surface area contributed by atoms with Crippen LogP contribution in [-0.2, 0) is 11.8 Å². The molecule has 0 unspecified atom stereocenters. The summed E-state index contributed by atoms with van der Waals surface area (Å²) >= 11 is 0. The Morgan fingerprint density at radius 3 is 2.46 bits per heavy atom. The van der Waals surface area contributed by atoms with Crippen LogP contribution in [-0.4, -0.2) is 34.2 Å². The van der Waals surface area contributed by atoms with Crippen LogP contribution in [0.25, 0.3) is 10.9 Å². The first-order valence-corrected chi connectivity index (χ1v) is 11.8. The van der Waals surface area contributed by atoms with Gasteiger partial charge < -0.3 is 20.5 Å². The fourth-order valence-electron chi connectivity index (χ4n) is 3.80. The summed E-state index contributed by atoms with van der Waals surface area (Å²) in [6, 6.07) is 11.8. The minimum Gasteiger partial charge on any atom is -0.496 e. The maximum atomic E-state index is 12.5. The SMILES string of the molecule is CCc1cc(NC(=O)Nc2cc(C(C)(C)C)[nH]n2)ccc1Oc1ccnc2cc(OC)c(C(N)=O)cc12. The number of hydrogen-bond acceptors (Lipinski definition) is 6. The van der Waals surface area contributed by atoms with Gasteiger partial charge in [-0.15, -0.1) is 0 Å². The number of ether oxygens (including phenoxy) is 2. The van der Waals surface area contributed by atoms with Crippen molar-refractivity contribution >= 4 is 34.3 Å². The van der Waals surface area contributed by atoms with Gasteiger partial charge in [0, 0.05) is 40.5 Å². The number of amides is 3. The number of carbonyl (C=O) groups is 2. The van der Waals surface area contributed by atoms with Gasteiger partial charge in [-0.25, -0.2) is 4.79 Å². The molecule has 0 aliphatic heterocycles. The number of methoxy groups -OCH3 is 1. The third-order valence-electron chi connectivity index (χ3n) is 5.83. The summed E-state index contributed by atoms with van der Waals surface area (Å²) in [7, 11) is 1.47. The van der Waals surface area contributed by atoms with Crippen molar-refractivity contribution < 1.29 is 19.1 Å². The zero-order chi connectivity index (χ0) is 26.7. The van der Waals surface area contributed by atoms with Crippen LogP contribution in [0.5, 0.6) is 17.2 Å². The van der Waals surface area contributed by atoms with Crippen LogP contribution in [0.2, 0.25) is 0 Å². The molecule has 37 heavy (non-hydrogen) atoms. The monoisotopic (exact) mass is 502 g/mol. The molecule has 10 nitrogen and oxygen atoms in total. The second-order valence-corrected chi connectivity index (χ2v) is 9.52. The minimum atomic E-state index is -0.610. The van der Waals surface area contributed by atoms with E-state index >= 15 is 0 Å². The van der Waals surface area contributed by atoms with Gasteiger partial charge in [0.25, 0.3) is 5.91 Å². The van der Waals surface area contributed by atoms with Crippen molar-refractivity contribution in [1.82, 2.24) is 15.2 Å². The molecule has 0 spiro atoms. The molecule has 0 saturated heterocycles. The predicted molar refractivity (Wildman–Crippen MR) is 143 cm³/mol. The Labute approximate surface area is 214 Å². The van der Waals surface area contributed by atoms with Crippen LogP contribution < -0.4 is 25.8 Å². The van der Waals surface area contributed by atoms with Crippen molar-refractivity contribution in [3.05, 3.63) is 65.5 Å². The smallest absolute Gasteiger partial charge is 0.324 e. The van der Waals surface area contributed by atoms with Crippen molar-refractivity contribution in [3.63, 3.8) is 0 Å². The molecule has 0 bridgehead atoms. The van der Waals surface area contributed by atoms with E-state index in [2.05, 4.69) is 46.6 Å². The molecule has 192 valence electrons. The summed E-state index contributed by atoms with van der Waals surface area (Å²) in [6.45, 7) is 8.16. The molecule has 2 aromatic carbocycles. The predicted octanol–water partition coefficient (Wildman–Crippen LogP) is 5.36. The first-order valence-electron chi connectivity index (χ1n) is 11.8. The molecule has 4 aromatic rings. The lowest BCUT2D eigenvalue weighted by Crippen LogP contribution is -2.19. The average Bonchev–Trinajstić information content (AvgIpc) is 3.33. The number of benzene rings is 2. The highest BCUT2D eigenvalue weighted by molar-refractivity contribution is 6.01. The van der Waals surface area contributed by atoms with E-state index in [1.807, 2.05) is 19.1 Å². The molecule has 2 aromatic heterocycles. The molecule has 5 N–H and O–H groups in total. The molecule has 10 heteroatoms. The Kier molecular flexibility index (Phi) is 7.01. The quantitative estimate of drug-likeness (QED) is 0.268. The highest BCUT2D eigenvalue weighted by atomic mass is 16.5. The molecule has 2 heterocycles. The van der Waals surface area contributed by atoms with Crippen molar-refractivity contribution in [1.29, 1.82) is 0 Å². The normalized spacial score (nSPS) is 11.3. The Morgan fingerprint density at radius 2 is 1.81 bits per heavy atom. The van der Waals surface area contributed by atoms with Crippen LogP contribution in [0.15, 0.2) is 48.7 Å². The summed E-state index contributed by atoms with van der Waals surface area (Å²) in [6.07, 6.45) is 2.28. The molecule has 3 amide bonds. The van der Waals surface area contributed by atoms with Gasteiger partial charge in [0.05, 0.1) is 18.2 Å².